The van der Waals surface area contributed by atoms with Gasteiger partial charge >= 0.3 is 0 Å². The van der Waals surface area contributed by atoms with E-state index in [-0.39, 0.29) is 35.2 Å². The smallest absolute Gasteiger partial charge is 0.253 e. The molecule has 1 amide bonds. The van der Waals surface area contributed by atoms with E-state index in [1.165, 1.54) is 12.1 Å². The number of hydrogen-bond acceptors (Lipinski definition) is 4. The van der Waals surface area contributed by atoms with Gasteiger partial charge in [-0.25, -0.2) is 8.78 Å². The monoisotopic (exact) mass is 514 g/mol. The normalized spacial score (nSPS) is 15.7. The summed E-state index contributed by atoms with van der Waals surface area (Å²) in [6, 6.07) is 16.1. The number of rotatable bonds is 5. The highest BCUT2D eigenvalue weighted by Gasteiger charge is 2.26. The van der Waals surface area contributed by atoms with Crippen LogP contribution in [0, 0.1) is 23.0 Å². The van der Waals surface area contributed by atoms with Crippen LogP contribution in [0.2, 0.25) is 0 Å². The number of fused-ring (bicyclic) bond motifs is 1. The third-order valence-electron chi connectivity index (χ3n) is 6.88. The van der Waals surface area contributed by atoms with E-state index in [0.717, 1.165) is 6.42 Å². The summed E-state index contributed by atoms with van der Waals surface area (Å²) in [7, 11) is 0. The number of amides is 1. The topological polar surface area (TPSA) is 95.3 Å². The number of carbonyl (C=O) groups is 1. The van der Waals surface area contributed by atoms with Crippen LogP contribution in [0.3, 0.4) is 0 Å². The molecule has 0 saturated carbocycles. The number of benzene rings is 3. The van der Waals surface area contributed by atoms with E-state index in [1.807, 2.05) is 6.07 Å². The zero-order chi connectivity index (χ0) is 27.2. The van der Waals surface area contributed by atoms with Crippen LogP contribution in [0.4, 0.5) is 8.78 Å². The zero-order valence-corrected chi connectivity index (χ0v) is 21.2. The van der Waals surface area contributed by atoms with Gasteiger partial charge < -0.3 is 20.3 Å². The molecule has 1 unspecified atom stereocenters. The molecule has 1 fully saturated rings. The molecule has 1 aromatic heterocycles. The number of nitrogens with two attached hydrogens (primary N) is 1. The Bertz CT molecular complexity index is 1600. The van der Waals surface area contributed by atoms with Gasteiger partial charge in [0, 0.05) is 47.4 Å². The van der Waals surface area contributed by atoms with Crippen LogP contribution in [0.1, 0.15) is 36.2 Å². The maximum atomic E-state index is 15.7. The number of nitriles is 1. The largest absolute Gasteiger partial charge is 0.389 e. The Labute approximate surface area is 219 Å². The number of nitrogens with zero attached hydrogens (tertiary/aromatic N) is 3. The number of aromatic nitrogens is 1. The molecule has 3 N–H and O–H groups in total. The zero-order valence-electron chi connectivity index (χ0n) is 21.2. The number of aliphatic hydroxyl groups is 1. The lowest BCUT2D eigenvalue weighted by molar-refractivity contribution is 0.0628. The van der Waals surface area contributed by atoms with Crippen molar-refractivity contribution in [2.24, 2.45) is 5.73 Å². The van der Waals surface area contributed by atoms with Crippen molar-refractivity contribution in [3.05, 3.63) is 83.6 Å². The quantitative estimate of drug-likeness (QED) is 0.389. The molecule has 0 spiro atoms. The Hall–Kier alpha value is -4.06. The maximum absolute atomic E-state index is 15.7. The molecule has 3 aromatic carbocycles. The average molecular weight is 515 g/mol. The number of carbonyl (C=O) groups excluding carboxylic acids is 1. The molecule has 1 aliphatic rings. The fourth-order valence-electron chi connectivity index (χ4n) is 5.10. The molecule has 0 aliphatic carbocycles. The molecule has 1 atom stereocenters. The highest BCUT2D eigenvalue weighted by Crippen LogP contribution is 2.39. The minimum absolute atomic E-state index is 0.00496. The second-order valence-electron chi connectivity index (χ2n) is 10.5. The van der Waals surface area contributed by atoms with E-state index in [4.69, 9.17) is 5.73 Å². The van der Waals surface area contributed by atoms with Gasteiger partial charge in [-0.3, -0.25) is 4.79 Å². The second kappa shape index (κ2) is 9.67. The molecule has 194 valence electrons. The predicted octanol–water partition coefficient (Wildman–Crippen LogP) is 5.07. The van der Waals surface area contributed by atoms with E-state index in [9.17, 15) is 15.2 Å². The van der Waals surface area contributed by atoms with Gasteiger partial charge in [-0.1, -0.05) is 18.2 Å². The molecule has 6 nitrogen and oxygen atoms in total. The predicted molar refractivity (Wildman–Crippen MR) is 142 cm³/mol. The molecular weight excluding hydrogens is 486 g/mol. The van der Waals surface area contributed by atoms with E-state index in [0.29, 0.717) is 40.7 Å². The molecule has 2 heterocycles. The summed E-state index contributed by atoms with van der Waals surface area (Å²) in [5.41, 5.74) is 6.57. The van der Waals surface area contributed by atoms with Crippen molar-refractivity contribution in [2.45, 2.75) is 38.5 Å². The Morgan fingerprint density at radius 2 is 1.95 bits per heavy atom. The third kappa shape index (κ3) is 4.78. The highest BCUT2D eigenvalue weighted by molar-refractivity contribution is 5.97. The van der Waals surface area contributed by atoms with Crippen LogP contribution in [0.5, 0.6) is 0 Å². The molecular formula is C30H28F2N4O2. The minimum atomic E-state index is -1.01. The lowest BCUT2D eigenvalue weighted by Gasteiger charge is -2.19. The van der Waals surface area contributed by atoms with Crippen LogP contribution in [-0.2, 0) is 6.54 Å². The second-order valence-corrected chi connectivity index (χ2v) is 10.5. The summed E-state index contributed by atoms with van der Waals surface area (Å²) in [5.74, 6) is -1.67. The molecule has 1 aliphatic heterocycles. The first kappa shape index (κ1) is 25.6. The third-order valence-corrected chi connectivity index (χ3v) is 6.88. The van der Waals surface area contributed by atoms with Gasteiger partial charge in [0.2, 0.25) is 0 Å². The minimum Gasteiger partial charge on any atom is -0.389 e. The summed E-state index contributed by atoms with van der Waals surface area (Å²) in [4.78, 5) is 14.8. The highest BCUT2D eigenvalue weighted by atomic mass is 19.1. The van der Waals surface area contributed by atoms with Crippen molar-refractivity contribution in [3.63, 3.8) is 0 Å². The van der Waals surface area contributed by atoms with Crippen LogP contribution in [0.25, 0.3) is 33.2 Å². The number of halogens is 2. The summed E-state index contributed by atoms with van der Waals surface area (Å²) in [6.45, 7) is 4.62. The molecule has 0 radical (unpaired) electrons. The van der Waals surface area contributed by atoms with Crippen LogP contribution in [-0.4, -0.2) is 45.2 Å². The average Bonchev–Trinajstić information content (AvgIpc) is 3.48. The van der Waals surface area contributed by atoms with Gasteiger partial charge in [-0.05, 0) is 67.8 Å². The molecule has 1 saturated heterocycles. The van der Waals surface area contributed by atoms with E-state index in [2.05, 4.69) is 0 Å². The van der Waals surface area contributed by atoms with Crippen molar-refractivity contribution in [1.82, 2.24) is 9.47 Å². The standard InChI is InChI=1S/C30H28F2N4O2/c1-30(2,38)17-36-10-8-19-13-24(25(31)14-26(19)36)27-23(7-6-21(15-33)28(27)32)18-4-3-5-20(12-18)29(37)35-11-9-22(34)16-35/h3-8,10,12-14,22,38H,9,11,16-17,34H2,1-2H3. The van der Waals surface area contributed by atoms with E-state index in [1.54, 1.807) is 72.0 Å². The summed E-state index contributed by atoms with van der Waals surface area (Å²) < 4.78 is 33.1. The van der Waals surface area contributed by atoms with Crippen LogP contribution >= 0.6 is 0 Å². The Morgan fingerprint density at radius 1 is 1.16 bits per heavy atom. The lowest BCUT2D eigenvalue weighted by atomic mass is 9.90. The van der Waals surface area contributed by atoms with Gasteiger partial charge in [0.05, 0.1) is 23.2 Å². The number of hydrogen-bond donors (Lipinski definition) is 2. The summed E-state index contributed by atoms with van der Waals surface area (Å²) >= 11 is 0. The molecule has 5 rings (SSSR count). The van der Waals surface area contributed by atoms with Crippen molar-refractivity contribution >= 4 is 16.8 Å². The van der Waals surface area contributed by atoms with Crippen LogP contribution < -0.4 is 5.73 Å². The van der Waals surface area contributed by atoms with Crippen molar-refractivity contribution in [1.29, 1.82) is 5.26 Å². The molecule has 38 heavy (non-hydrogen) atoms. The fourth-order valence-corrected chi connectivity index (χ4v) is 5.10. The van der Waals surface area contributed by atoms with Gasteiger partial charge in [0.15, 0.2) is 0 Å². The maximum Gasteiger partial charge on any atom is 0.253 e. The number of likely N-dealkylation sites (tertiary alicyclic amines) is 1. The Balaban J connectivity index is 1.64. The lowest BCUT2D eigenvalue weighted by Crippen LogP contribution is -2.31. The van der Waals surface area contributed by atoms with Crippen molar-refractivity contribution in [3.8, 4) is 28.3 Å². The van der Waals surface area contributed by atoms with Gasteiger partial charge in [0.1, 0.15) is 17.7 Å². The van der Waals surface area contributed by atoms with E-state index < -0.39 is 17.2 Å². The molecule has 4 aromatic rings. The SMILES string of the molecule is CC(C)(O)Cn1ccc2cc(-c3c(-c4cccc(C(=O)N5CCC(N)C5)c4)ccc(C#N)c3F)c(F)cc21. The van der Waals surface area contributed by atoms with E-state index >= 15 is 8.78 Å². The first-order valence-electron chi connectivity index (χ1n) is 12.4. The van der Waals surface area contributed by atoms with Crippen molar-refractivity contribution in [2.75, 3.05) is 13.1 Å². The van der Waals surface area contributed by atoms with Gasteiger partial charge in [0.25, 0.3) is 5.91 Å². The van der Waals surface area contributed by atoms with Gasteiger partial charge in [-0.2, -0.15) is 5.26 Å². The Morgan fingerprint density at radius 3 is 2.63 bits per heavy atom. The first-order valence-corrected chi connectivity index (χ1v) is 12.4. The molecule has 0 bridgehead atoms. The van der Waals surface area contributed by atoms with Crippen LogP contribution in [0.15, 0.2) is 60.8 Å². The summed E-state index contributed by atoms with van der Waals surface area (Å²) in [5, 5.41) is 20.4. The fraction of sp³-hybridized carbons (Fsp3) is 0.267. The summed E-state index contributed by atoms with van der Waals surface area (Å²) in [6.07, 6.45) is 2.48. The molecule has 8 heteroatoms. The van der Waals surface area contributed by atoms with Gasteiger partial charge in [-0.15, -0.1) is 0 Å². The van der Waals surface area contributed by atoms with Crippen molar-refractivity contribution < 1.29 is 18.7 Å². The first-order chi connectivity index (χ1) is 18.1. The Kier molecular flexibility index (Phi) is 6.51.